The van der Waals surface area contributed by atoms with Crippen molar-refractivity contribution in [3.05, 3.63) is 61.2 Å². The van der Waals surface area contributed by atoms with E-state index in [1.54, 1.807) is 6.07 Å². The van der Waals surface area contributed by atoms with E-state index in [0.717, 1.165) is 0 Å². The van der Waals surface area contributed by atoms with Crippen LogP contribution in [0.25, 0.3) is 0 Å². The van der Waals surface area contributed by atoms with Gasteiger partial charge < -0.3 is 14.2 Å². The second-order valence-corrected chi connectivity index (χ2v) is 6.39. The number of rotatable bonds is 8. The number of methoxy groups -OCH3 is 1. The lowest BCUT2D eigenvalue weighted by Crippen LogP contribution is -2.14. The van der Waals surface area contributed by atoms with Crippen molar-refractivity contribution in [2.75, 3.05) is 20.3 Å². The summed E-state index contributed by atoms with van der Waals surface area (Å²) in [4.78, 5) is 34.4. The van der Waals surface area contributed by atoms with Crippen molar-refractivity contribution in [3.63, 3.8) is 0 Å². The lowest BCUT2D eigenvalue weighted by Gasteiger charge is -2.13. The summed E-state index contributed by atoms with van der Waals surface area (Å²) >= 11 is 2.02. The molecule has 0 bridgehead atoms. The molecule has 2 aromatic rings. The highest BCUT2D eigenvalue weighted by Gasteiger charge is 2.18. The Labute approximate surface area is 168 Å². The summed E-state index contributed by atoms with van der Waals surface area (Å²) < 4.78 is 16.4. The molecule has 0 aliphatic heterocycles. The predicted molar refractivity (Wildman–Crippen MR) is 105 cm³/mol. The van der Waals surface area contributed by atoms with Crippen LogP contribution in [0.4, 0.5) is 5.69 Å². The van der Waals surface area contributed by atoms with Crippen molar-refractivity contribution in [1.82, 2.24) is 0 Å². The number of esters is 1. The summed E-state index contributed by atoms with van der Waals surface area (Å²) in [5.74, 6) is -0.244. The van der Waals surface area contributed by atoms with E-state index in [0.29, 0.717) is 21.7 Å². The molecule has 8 nitrogen and oxygen atoms in total. The first-order valence-electron chi connectivity index (χ1n) is 7.82. The number of ketones is 1. The van der Waals surface area contributed by atoms with E-state index in [-0.39, 0.29) is 16.8 Å². The molecule has 0 aliphatic rings. The Balaban J connectivity index is 2.07. The molecule has 0 heterocycles. The molecule has 0 aliphatic carbocycles. The Kier molecular flexibility index (Phi) is 7.11. The first-order chi connectivity index (χ1) is 12.9. The number of benzene rings is 2. The van der Waals surface area contributed by atoms with Crippen molar-refractivity contribution in [3.8, 4) is 11.5 Å². The molecule has 2 aromatic carbocycles. The van der Waals surface area contributed by atoms with Crippen molar-refractivity contribution < 1.29 is 28.7 Å². The molecule has 0 aromatic heterocycles. The predicted octanol–water partition coefficient (Wildman–Crippen LogP) is 3.65. The highest BCUT2D eigenvalue weighted by molar-refractivity contribution is 14.1. The summed E-state index contributed by atoms with van der Waals surface area (Å²) in [6.07, 6.45) is 0. The van der Waals surface area contributed by atoms with Gasteiger partial charge in [0.25, 0.3) is 5.69 Å². The minimum absolute atomic E-state index is 0.125. The molecule has 0 spiro atoms. The van der Waals surface area contributed by atoms with E-state index in [9.17, 15) is 19.7 Å². The standard InChI is InChI=1S/C18H16INO7/c1-3-26-17-14(19)8-12(9-16(17)25-2)18(22)27-10-15(21)11-4-6-13(7-5-11)20(23)24/h4-9H,3,10H2,1-2H3. The maximum absolute atomic E-state index is 12.2. The number of hydrogen-bond acceptors (Lipinski definition) is 7. The Morgan fingerprint density at radius 1 is 1.15 bits per heavy atom. The summed E-state index contributed by atoms with van der Waals surface area (Å²) in [6.45, 7) is 1.80. The highest BCUT2D eigenvalue weighted by Crippen LogP contribution is 2.34. The highest BCUT2D eigenvalue weighted by atomic mass is 127. The normalized spacial score (nSPS) is 10.2. The number of carbonyl (C=O) groups is 2. The maximum Gasteiger partial charge on any atom is 0.338 e. The van der Waals surface area contributed by atoms with E-state index >= 15 is 0 Å². The van der Waals surface area contributed by atoms with Crippen molar-refractivity contribution in [2.24, 2.45) is 0 Å². The van der Waals surface area contributed by atoms with Gasteiger partial charge in [0.1, 0.15) is 0 Å². The Morgan fingerprint density at radius 2 is 1.81 bits per heavy atom. The number of halogens is 1. The molecule has 2 rings (SSSR count). The third-order valence-electron chi connectivity index (χ3n) is 3.49. The average molecular weight is 485 g/mol. The fraction of sp³-hybridized carbons (Fsp3) is 0.222. The molecule has 0 radical (unpaired) electrons. The summed E-state index contributed by atoms with van der Waals surface area (Å²) in [6, 6.07) is 8.12. The van der Waals surface area contributed by atoms with Crippen LogP contribution in [-0.4, -0.2) is 37.0 Å². The first-order valence-corrected chi connectivity index (χ1v) is 8.90. The molecule has 0 fully saturated rings. The van der Waals surface area contributed by atoms with E-state index in [4.69, 9.17) is 14.2 Å². The summed E-state index contributed by atoms with van der Waals surface area (Å²) in [5, 5.41) is 10.6. The van der Waals surface area contributed by atoms with E-state index in [1.807, 2.05) is 29.5 Å². The molecule has 0 unspecified atom stereocenters. The van der Waals surface area contributed by atoms with Crippen molar-refractivity contribution >= 4 is 40.0 Å². The summed E-state index contributed by atoms with van der Waals surface area (Å²) in [5.41, 5.74) is 0.308. The number of nitrogens with zero attached hydrogens (tertiary/aromatic N) is 1. The molecule has 27 heavy (non-hydrogen) atoms. The maximum atomic E-state index is 12.2. The summed E-state index contributed by atoms with van der Waals surface area (Å²) in [7, 11) is 1.46. The fourth-order valence-corrected chi connectivity index (χ4v) is 2.95. The van der Waals surface area contributed by atoms with Crippen LogP contribution in [0.15, 0.2) is 36.4 Å². The van der Waals surface area contributed by atoms with Gasteiger partial charge in [0.15, 0.2) is 23.9 Å². The SMILES string of the molecule is CCOc1c(I)cc(C(=O)OCC(=O)c2ccc([N+](=O)[O-])cc2)cc1OC. The number of non-ortho nitro benzene ring substituents is 1. The minimum Gasteiger partial charge on any atom is -0.493 e. The van der Waals surface area contributed by atoms with Crippen LogP contribution >= 0.6 is 22.6 Å². The van der Waals surface area contributed by atoms with Gasteiger partial charge in [-0.1, -0.05) is 0 Å². The number of nitro benzene ring substituents is 1. The average Bonchev–Trinajstić information content (AvgIpc) is 2.67. The van der Waals surface area contributed by atoms with Crippen LogP contribution in [0.2, 0.25) is 0 Å². The Morgan fingerprint density at radius 3 is 2.37 bits per heavy atom. The number of nitro groups is 1. The molecular formula is C18H16INO7. The van der Waals surface area contributed by atoms with E-state index in [1.165, 1.54) is 37.4 Å². The molecular weight excluding hydrogens is 469 g/mol. The van der Waals surface area contributed by atoms with Crippen LogP contribution < -0.4 is 9.47 Å². The second-order valence-electron chi connectivity index (χ2n) is 5.23. The minimum atomic E-state index is -0.690. The largest absolute Gasteiger partial charge is 0.493 e. The number of ether oxygens (including phenoxy) is 3. The zero-order valence-electron chi connectivity index (χ0n) is 14.6. The second kappa shape index (κ2) is 9.31. The van der Waals surface area contributed by atoms with Gasteiger partial charge in [-0.3, -0.25) is 14.9 Å². The third-order valence-corrected chi connectivity index (χ3v) is 4.29. The molecule has 142 valence electrons. The monoisotopic (exact) mass is 485 g/mol. The van der Waals surface area contributed by atoms with Gasteiger partial charge in [0, 0.05) is 17.7 Å². The molecule has 9 heteroatoms. The molecule has 0 amide bonds. The first kappa shape index (κ1) is 20.6. The number of Topliss-reactive ketones (excluding diaryl/α,β-unsaturated/α-hetero) is 1. The molecule has 0 atom stereocenters. The lowest BCUT2D eigenvalue weighted by atomic mass is 10.1. The third kappa shape index (κ3) is 5.16. The van der Waals surface area contributed by atoms with Crippen LogP contribution in [0.1, 0.15) is 27.6 Å². The topological polar surface area (TPSA) is 105 Å². The fourth-order valence-electron chi connectivity index (χ4n) is 2.19. The Bertz CT molecular complexity index is 865. The van der Waals surface area contributed by atoms with Gasteiger partial charge in [0.2, 0.25) is 0 Å². The van der Waals surface area contributed by atoms with Gasteiger partial charge in [-0.25, -0.2) is 4.79 Å². The smallest absolute Gasteiger partial charge is 0.338 e. The van der Waals surface area contributed by atoms with Crippen LogP contribution in [0.3, 0.4) is 0 Å². The van der Waals surface area contributed by atoms with Gasteiger partial charge in [-0.15, -0.1) is 0 Å². The quantitative estimate of drug-likeness (QED) is 0.185. The van der Waals surface area contributed by atoms with Gasteiger partial charge >= 0.3 is 5.97 Å². The van der Waals surface area contributed by atoms with Crippen LogP contribution in [-0.2, 0) is 4.74 Å². The van der Waals surface area contributed by atoms with Crippen molar-refractivity contribution in [1.29, 1.82) is 0 Å². The Hall–Kier alpha value is -2.69. The zero-order chi connectivity index (χ0) is 20.0. The van der Waals surface area contributed by atoms with Crippen molar-refractivity contribution in [2.45, 2.75) is 6.92 Å². The molecule has 0 N–H and O–H groups in total. The van der Waals surface area contributed by atoms with Crippen LogP contribution in [0.5, 0.6) is 11.5 Å². The van der Waals surface area contributed by atoms with E-state index < -0.39 is 23.3 Å². The number of carbonyl (C=O) groups excluding carboxylic acids is 2. The van der Waals surface area contributed by atoms with Gasteiger partial charge in [-0.05, 0) is 53.8 Å². The van der Waals surface area contributed by atoms with E-state index in [2.05, 4.69) is 0 Å². The van der Waals surface area contributed by atoms with Gasteiger partial charge in [0.05, 0.1) is 27.8 Å². The number of hydrogen-bond donors (Lipinski definition) is 0. The van der Waals surface area contributed by atoms with Gasteiger partial charge in [-0.2, -0.15) is 0 Å². The van der Waals surface area contributed by atoms with Crippen LogP contribution in [0, 0.1) is 13.7 Å². The lowest BCUT2D eigenvalue weighted by molar-refractivity contribution is -0.384. The molecule has 0 saturated heterocycles. The zero-order valence-corrected chi connectivity index (χ0v) is 16.7. The molecule has 0 saturated carbocycles.